The van der Waals surface area contributed by atoms with E-state index in [1.165, 1.54) is 0 Å². The average Bonchev–Trinajstić information content (AvgIpc) is 3.21. The van der Waals surface area contributed by atoms with Crippen molar-refractivity contribution in [2.24, 2.45) is 7.05 Å². The minimum atomic E-state index is -0.0744. The predicted molar refractivity (Wildman–Crippen MR) is 93.9 cm³/mol. The Hall–Kier alpha value is -2.67. The molecule has 1 aliphatic rings. The molecule has 4 rings (SSSR count). The molecule has 7 heteroatoms. The summed E-state index contributed by atoms with van der Waals surface area (Å²) in [7, 11) is 1.90. The second kappa shape index (κ2) is 6.33. The molecule has 0 bridgehead atoms. The molecule has 2 N–H and O–H groups in total. The van der Waals surface area contributed by atoms with Crippen molar-refractivity contribution in [3.05, 3.63) is 53.7 Å². The third-order valence-corrected chi connectivity index (χ3v) is 4.93. The van der Waals surface area contributed by atoms with Gasteiger partial charge in [0.05, 0.1) is 23.6 Å². The van der Waals surface area contributed by atoms with Crippen LogP contribution in [0.3, 0.4) is 0 Å². The SMILES string of the molecule is Cc1cccn2c(CN[C@@H]3CCC(=O)N[C@H]3c3ccnn3C)cnc12. The van der Waals surface area contributed by atoms with Gasteiger partial charge in [0.1, 0.15) is 5.65 Å². The fourth-order valence-electron chi connectivity index (χ4n) is 3.56. The zero-order chi connectivity index (χ0) is 17.4. The van der Waals surface area contributed by atoms with Crippen LogP contribution in [0.2, 0.25) is 0 Å². The zero-order valence-corrected chi connectivity index (χ0v) is 14.4. The van der Waals surface area contributed by atoms with E-state index in [4.69, 9.17) is 0 Å². The number of carbonyl (C=O) groups excluding carboxylic acids is 1. The van der Waals surface area contributed by atoms with Gasteiger partial charge in [0.2, 0.25) is 5.91 Å². The van der Waals surface area contributed by atoms with E-state index in [-0.39, 0.29) is 18.0 Å². The molecule has 25 heavy (non-hydrogen) atoms. The van der Waals surface area contributed by atoms with Gasteiger partial charge in [0.15, 0.2) is 0 Å². The Morgan fingerprint density at radius 2 is 2.28 bits per heavy atom. The largest absolute Gasteiger partial charge is 0.346 e. The fourth-order valence-corrected chi connectivity index (χ4v) is 3.56. The first-order valence-electron chi connectivity index (χ1n) is 8.55. The average molecular weight is 338 g/mol. The van der Waals surface area contributed by atoms with Gasteiger partial charge in [-0.2, -0.15) is 5.10 Å². The van der Waals surface area contributed by atoms with Crippen LogP contribution in [0.25, 0.3) is 5.65 Å². The molecule has 2 atom stereocenters. The van der Waals surface area contributed by atoms with Crippen molar-refractivity contribution >= 4 is 11.6 Å². The van der Waals surface area contributed by atoms with Crippen molar-refractivity contribution < 1.29 is 4.79 Å². The summed E-state index contributed by atoms with van der Waals surface area (Å²) in [5, 5.41) is 10.9. The van der Waals surface area contributed by atoms with E-state index >= 15 is 0 Å². The van der Waals surface area contributed by atoms with Crippen molar-refractivity contribution in [2.75, 3.05) is 0 Å². The summed E-state index contributed by atoms with van der Waals surface area (Å²) < 4.78 is 3.94. The van der Waals surface area contributed by atoms with Crippen LogP contribution in [-0.4, -0.2) is 31.1 Å². The number of hydrogen-bond donors (Lipinski definition) is 2. The Morgan fingerprint density at radius 3 is 3.08 bits per heavy atom. The van der Waals surface area contributed by atoms with Crippen LogP contribution >= 0.6 is 0 Å². The summed E-state index contributed by atoms with van der Waals surface area (Å²) in [5.41, 5.74) is 4.27. The maximum absolute atomic E-state index is 11.9. The van der Waals surface area contributed by atoms with Crippen molar-refractivity contribution in [2.45, 2.75) is 38.4 Å². The number of imidazole rings is 1. The molecule has 0 aromatic carbocycles. The number of fused-ring (bicyclic) bond motifs is 1. The van der Waals surface area contributed by atoms with Crippen LogP contribution in [0.5, 0.6) is 0 Å². The van der Waals surface area contributed by atoms with Gasteiger partial charge < -0.3 is 15.0 Å². The molecule has 1 aliphatic heterocycles. The van der Waals surface area contributed by atoms with Crippen LogP contribution in [-0.2, 0) is 18.4 Å². The highest BCUT2D eigenvalue weighted by Gasteiger charge is 2.31. The summed E-state index contributed by atoms with van der Waals surface area (Å²) in [6, 6.07) is 6.14. The Labute approximate surface area is 146 Å². The first-order chi connectivity index (χ1) is 12.1. The van der Waals surface area contributed by atoms with E-state index in [9.17, 15) is 4.79 Å². The number of piperidine rings is 1. The molecule has 3 aromatic rings. The highest BCUT2D eigenvalue weighted by molar-refractivity contribution is 5.77. The second-order valence-electron chi connectivity index (χ2n) is 6.59. The number of nitrogens with one attached hydrogen (secondary N) is 2. The Morgan fingerprint density at radius 1 is 1.40 bits per heavy atom. The molecule has 7 nitrogen and oxygen atoms in total. The van der Waals surface area contributed by atoms with E-state index in [1.54, 1.807) is 6.20 Å². The van der Waals surface area contributed by atoms with Gasteiger partial charge in [-0.1, -0.05) is 6.07 Å². The number of aryl methyl sites for hydroxylation is 2. The van der Waals surface area contributed by atoms with Gasteiger partial charge in [-0.05, 0) is 31.0 Å². The smallest absolute Gasteiger partial charge is 0.220 e. The molecule has 4 heterocycles. The van der Waals surface area contributed by atoms with Gasteiger partial charge in [0.25, 0.3) is 0 Å². The molecule has 0 spiro atoms. The van der Waals surface area contributed by atoms with E-state index < -0.39 is 0 Å². The zero-order valence-electron chi connectivity index (χ0n) is 14.4. The van der Waals surface area contributed by atoms with Crippen LogP contribution in [0.1, 0.15) is 35.8 Å². The van der Waals surface area contributed by atoms with Gasteiger partial charge in [-0.15, -0.1) is 0 Å². The summed E-state index contributed by atoms with van der Waals surface area (Å²) in [6.07, 6.45) is 7.06. The molecular formula is C18H22N6O. The Kier molecular flexibility index (Phi) is 4.01. The quantitative estimate of drug-likeness (QED) is 0.756. The lowest BCUT2D eigenvalue weighted by atomic mass is 9.95. The maximum Gasteiger partial charge on any atom is 0.220 e. The summed E-state index contributed by atoms with van der Waals surface area (Å²) >= 11 is 0. The van der Waals surface area contributed by atoms with E-state index in [0.717, 1.165) is 29.0 Å². The van der Waals surface area contributed by atoms with Crippen molar-refractivity contribution in [3.63, 3.8) is 0 Å². The van der Waals surface area contributed by atoms with Gasteiger partial charge in [-0.25, -0.2) is 4.98 Å². The molecule has 3 aromatic heterocycles. The molecule has 130 valence electrons. The molecule has 0 aliphatic carbocycles. The monoisotopic (exact) mass is 338 g/mol. The second-order valence-corrected chi connectivity index (χ2v) is 6.59. The molecule has 1 saturated heterocycles. The lowest BCUT2D eigenvalue weighted by molar-refractivity contribution is -0.124. The third kappa shape index (κ3) is 2.91. The molecule has 1 fully saturated rings. The van der Waals surface area contributed by atoms with Crippen LogP contribution < -0.4 is 10.6 Å². The number of aromatic nitrogens is 4. The first kappa shape index (κ1) is 15.8. The Balaban J connectivity index is 1.55. The van der Waals surface area contributed by atoms with E-state index in [2.05, 4.69) is 38.1 Å². The number of amides is 1. The van der Waals surface area contributed by atoms with Crippen molar-refractivity contribution in [1.29, 1.82) is 0 Å². The van der Waals surface area contributed by atoms with Crippen LogP contribution in [0.4, 0.5) is 0 Å². The third-order valence-electron chi connectivity index (χ3n) is 4.93. The normalized spacial score (nSPS) is 20.8. The minimum Gasteiger partial charge on any atom is -0.346 e. The van der Waals surface area contributed by atoms with Crippen LogP contribution in [0, 0.1) is 6.92 Å². The summed E-state index contributed by atoms with van der Waals surface area (Å²) in [6.45, 7) is 2.76. The summed E-state index contributed by atoms with van der Waals surface area (Å²) in [4.78, 5) is 16.4. The fraction of sp³-hybridized carbons (Fsp3) is 0.389. The number of nitrogens with zero attached hydrogens (tertiary/aromatic N) is 4. The van der Waals surface area contributed by atoms with Gasteiger partial charge >= 0.3 is 0 Å². The number of pyridine rings is 1. The molecule has 0 unspecified atom stereocenters. The topological polar surface area (TPSA) is 76.2 Å². The van der Waals surface area contributed by atoms with Crippen LogP contribution in [0.15, 0.2) is 36.8 Å². The lowest BCUT2D eigenvalue weighted by Crippen LogP contribution is -2.48. The highest BCUT2D eigenvalue weighted by atomic mass is 16.1. The standard InChI is InChI=1S/C18H22N6O/c1-12-4-3-9-24-13(11-20-18(12)24)10-19-14-5-6-16(25)22-17(14)15-7-8-21-23(15)2/h3-4,7-9,11,14,17,19H,5-6,10H2,1-2H3,(H,22,25)/t14-,17-/m1/s1. The molecular weight excluding hydrogens is 316 g/mol. The lowest BCUT2D eigenvalue weighted by Gasteiger charge is -2.33. The number of carbonyl (C=O) groups is 1. The van der Waals surface area contributed by atoms with Crippen molar-refractivity contribution in [3.8, 4) is 0 Å². The van der Waals surface area contributed by atoms with Crippen molar-refractivity contribution in [1.82, 2.24) is 29.8 Å². The highest BCUT2D eigenvalue weighted by Crippen LogP contribution is 2.24. The molecule has 1 amide bonds. The minimum absolute atomic E-state index is 0.0744. The van der Waals surface area contributed by atoms with Gasteiger partial charge in [-0.3, -0.25) is 9.48 Å². The first-order valence-corrected chi connectivity index (χ1v) is 8.55. The molecule has 0 radical (unpaired) electrons. The predicted octanol–water partition coefficient (Wildman–Crippen LogP) is 1.49. The number of hydrogen-bond acceptors (Lipinski definition) is 4. The number of rotatable bonds is 4. The maximum atomic E-state index is 11.9. The summed E-state index contributed by atoms with van der Waals surface area (Å²) in [5.74, 6) is 0.0923. The van der Waals surface area contributed by atoms with E-state index in [0.29, 0.717) is 13.0 Å². The van der Waals surface area contributed by atoms with Gasteiger partial charge in [0, 0.05) is 38.4 Å². The Bertz CT molecular complexity index is 911. The molecule has 0 saturated carbocycles. The van der Waals surface area contributed by atoms with E-state index in [1.807, 2.05) is 36.3 Å².